The van der Waals surface area contributed by atoms with Crippen LogP contribution in [-0.4, -0.2) is 24.1 Å². The van der Waals surface area contributed by atoms with Crippen LogP contribution in [0.2, 0.25) is 0 Å². The number of rotatable bonds is 1. The van der Waals surface area contributed by atoms with Gasteiger partial charge in [0, 0.05) is 25.5 Å². The second kappa shape index (κ2) is 3.85. The molecule has 1 aliphatic heterocycles. The van der Waals surface area contributed by atoms with Crippen LogP contribution < -0.4 is 5.32 Å². The second-order valence-electron chi connectivity index (χ2n) is 3.80. The first kappa shape index (κ1) is 10.5. The molecule has 0 amide bonds. The van der Waals surface area contributed by atoms with E-state index in [-0.39, 0.29) is 0 Å². The molecule has 0 saturated heterocycles. The van der Waals surface area contributed by atoms with E-state index in [1.165, 1.54) is 5.56 Å². The summed E-state index contributed by atoms with van der Waals surface area (Å²) >= 11 is 0. The van der Waals surface area contributed by atoms with Crippen molar-refractivity contribution in [2.75, 3.05) is 25.2 Å². The van der Waals surface area contributed by atoms with Crippen molar-refractivity contribution in [2.24, 2.45) is 4.36 Å². The van der Waals surface area contributed by atoms with Gasteiger partial charge in [0.2, 0.25) is 0 Å². The zero-order chi connectivity index (χ0) is 10.9. The second-order valence-corrected chi connectivity index (χ2v) is 6.21. The summed E-state index contributed by atoms with van der Waals surface area (Å²) in [5.74, 6) is 0. The summed E-state index contributed by atoms with van der Waals surface area (Å²) in [5, 5.41) is 3.33. The van der Waals surface area contributed by atoms with E-state index in [0.717, 1.165) is 30.0 Å². The Bertz CT molecular complexity index is 487. The summed E-state index contributed by atoms with van der Waals surface area (Å²) in [6, 6.07) is 5.92. The smallest absolute Gasteiger partial charge is 0.0723 e. The minimum absolute atomic E-state index is 0.898. The van der Waals surface area contributed by atoms with Gasteiger partial charge in [-0.3, -0.25) is 0 Å². The fraction of sp³-hybridized carbons (Fsp3) is 0.455. The molecular weight excluding hydrogens is 208 g/mol. The van der Waals surface area contributed by atoms with Crippen LogP contribution in [-0.2, 0) is 16.1 Å². The zero-order valence-electron chi connectivity index (χ0n) is 9.12. The maximum absolute atomic E-state index is 12.2. The molecule has 1 atom stereocenters. The lowest BCUT2D eigenvalue weighted by Crippen LogP contribution is -2.14. The van der Waals surface area contributed by atoms with Gasteiger partial charge in [0.15, 0.2) is 0 Å². The normalized spacial score (nSPS) is 18.5. The predicted molar refractivity (Wildman–Crippen MR) is 63.9 cm³/mol. The highest BCUT2D eigenvalue weighted by molar-refractivity contribution is 7.93. The zero-order valence-corrected chi connectivity index (χ0v) is 9.93. The fourth-order valence-electron chi connectivity index (χ4n) is 1.93. The molecule has 1 heterocycles. The molecule has 3 nitrogen and oxygen atoms in total. The van der Waals surface area contributed by atoms with Crippen molar-refractivity contribution in [3.63, 3.8) is 0 Å². The third-order valence-electron chi connectivity index (χ3n) is 2.81. The molecule has 0 spiro atoms. The minimum Gasteiger partial charge on any atom is -0.385 e. The van der Waals surface area contributed by atoms with Gasteiger partial charge in [-0.2, -0.15) is 0 Å². The number of hydrogen-bond acceptors (Lipinski definition) is 3. The molecule has 0 aromatic heterocycles. The van der Waals surface area contributed by atoms with Gasteiger partial charge in [0.25, 0.3) is 0 Å². The maximum atomic E-state index is 12.2. The number of nitrogens with zero attached hydrogens (tertiary/aromatic N) is 1. The monoisotopic (exact) mass is 224 g/mol. The van der Waals surface area contributed by atoms with Crippen molar-refractivity contribution in [2.45, 2.75) is 17.7 Å². The molecule has 82 valence electrons. The van der Waals surface area contributed by atoms with E-state index in [4.69, 9.17) is 0 Å². The summed E-state index contributed by atoms with van der Waals surface area (Å²) in [6.07, 6.45) is 3.80. The Morgan fingerprint density at radius 2 is 2.27 bits per heavy atom. The molecule has 1 aromatic rings. The fourth-order valence-corrected chi connectivity index (χ4v) is 3.13. The van der Waals surface area contributed by atoms with Crippen molar-refractivity contribution < 1.29 is 4.21 Å². The lowest BCUT2D eigenvalue weighted by Gasteiger charge is -2.21. The Kier molecular flexibility index (Phi) is 2.69. The van der Waals surface area contributed by atoms with Crippen LogP contribution in [0.4, 0.5) is 5.69 Å². The van der Waals surface area contributed by atoms with Gasteiger partial charge in [0.05, 0.1) is 14.6 Å². The van der Waals surface area contributed by atoms with Crippen LogP contribution in [0.5, 0.6) is 0 Å². The van der Waals surface area contributed by atoms with Gasteiger partial charge in [0.1, 0.15) is 0 Å². The van der Waals surface area contributed by atoms with Crippen molar-refractivity contribution in [1.29, 1.82) is 0 Å². The number of anilines is 1. The Morgan fingerprint density at radius 1 is 1.47 bits per heavy atom. The first-order chi connectivity index (χ1) is 7.15. The first-order valence-corrected chi connectivity index (χ1v) is 7.03. The number of benzene rings is 1. The van der Waals surface area contributed by atoms with Crippen LogP contribution in [0.15, 0.2) is 27.5 Å². The summed E-state index contributed by atoms with van der Waals surface area (Å²) in [7, 11) is -0.582. The highest BCUT2D eigenvalue weighted by Gasteiger charge is 2.16. The quantitative estimate of drug-likeness (QED) is 0.794. The lowest BCUT2D eigenvalue weighted by molar-refractivity contribution is 0.678. The van der Waals surface area contributed by atoms with E-state index in [2.05, 4.69) is 9.68 Å². The highest BCUT2D eigenvalue weighted by Crippen LogP contribution is 2.28. The van der Waals surface area contributed by atoms with Gasteiger partial charge in [-0.05, 0) is 30.5 Å². The highest BCUT2D eigenvalue weighted by atomic mass is 32.2. The molecule has 0 radical (unpaired) electrons. The van der Waals surface area contributed by atoms with E-state index in [1.807, 2.05) is 18.2 Å². The molecule has 1 aliphatic rings. The van der Waals surface area contributed by atoms with Gasteiger partial charge in [-0.15, -0.1) is 0 Å². The van der Waals surface area contributed by atoms with Crippen LogP contribution >= 0.6 is 0 Å². The summed E-state index contributed by atoms with van der Waals surface area (Å²) < 4.78 is 16.2. The van der Waals surface area contributed by atoms with Gasteiger partial charge in [-0.25, -0.2) is 8.57 Å². The number of fused-ring (bicyclic) bond motifs is 1. The average molecular weight is 224 g/mol. The SMILES string of the molecule is CN=[S@](C)(=O)c1cccc2c1CCCN2. The standard InChI is InChI=1S/C11H16N2OS/c1-12-15(2,14)11-7-3-6-10-9(11)5-4-8-13-10/h3,6-7,13H,4-5,8H2,1-2H3/t15-/m1/s1. The van der Waals surface area contributed by atoms with Crippen LogP contribution in [0.1, 0.15) is 12.0 Å². The molecule has 0 bridgehead atoms. The minimum atomic E-state index is -2.20. The molecule has 1 aromatic carbocycles. The molecule has 0 unspecified atom stereocenters. The molecule has 2 rings (SSSR count). The first-order valence-electron chi connectivity index (χ1n) is 5.11. The third-order valence-corrected chi connectivity index (χ3v) is 4.70. The Balaban J connectivity index is 2.63. The molecule has 0 aliphatic carbocycles. The van der Waals surface area contributed by atoms with Gasteiger partial charge >= 0.3 is 0 Å². The summed E-state index contributed by atoms with van der Waals surface area (Å²) in [6.45, 7) is 1.00. The summed E-state index contributed by atoms with van der Waals surface area (Å²) in [4.78, 5) is 0.898. The molecule has 1 N–H and O–H groups in total. The molecule has 0 fully saturated rings. The number of nitrogens with one attached hydrogen (secondary N) is 1. The number of hydrogen-bond donors (Lipinski definition) is 1. The van der Waals surface area contributed by atoms with E-state index in [1.54, 1.807) is 13.3 Å². The van der Waals surface area contributed by atoms with E-state index in [9.17, 15) is 4.21 Å². The molecule has 4 heteroatoms. The topological polar surface area (TPSA) is 41.5 Å². The van der Waals surface area contributed by atoms with Crippen molar-refractivity contribution in [3.8, 4) is 0 Å². The molecular formula is C11H16N2OS. The Hall–Kier alpha value is -1.03. The van der Waals surface area contributed by atoms with Crippen LogP contribution in [0.3, 0.4) is 0 Å². The van der Waals surface area contributed by atoms with Gasteiger partial charge < -0.3 is 5.32 Å². The average Bonchev–Trinajstić information content (AvgIpc) is 2.28. The molecule has 15 heavy (non-hydrogen) atoms. The maximum Gasteiger partial charge on any atom is 0.0723 e. The van der Waals surface area contributed by atoms with E-state index < -0.39 is 9.73 Å². The molecule has 0 saturated carbocycles. The van der Waals surface area contributed by atoms with Crippen LogP contribution in [0, 0.1) is 0 Å². The van der Waals surface area contributed by atoms with Crippen molar-refractivity contribution >= 4 is 15.4 Å². The summed E-state index contributed by atoms with van der Waals surface area (Å²) in [5.41, 5.74) is 2.30. The lowest BCUT2D eigenvalue weighted by atomic mass is 10.0. The largest absolute Gasteiger partial charge is 0.385 e. The predicted octanol–water partition coefficient (Wildman–Crippen LogP) is 2.13. The van der Waals surface area contributed by atoms with Crippen molar-refractivity contribution in [1.82, 2.24) is 0 Å². The van der Waals surface area contributed by atoms with Crippen LogP contribution in [0.25, 0.3) is 0 Å². The van der Waals surface area contributed by atoms with Gasteiger partial charge in [-0.1, -0.05) is 6.07 Å². The van der Waals surface area contributed by atoms with E-state index in [0.29, 0.717) is 0 Å². The van der Waals surface area contributed by atoms with E-state index >= 15 is 0 Å². The van der Waals surface area contributed by atoms with Crippen molar-refractivity contribution in [3.05, 3.63) is 23.8 Å². The Labute approximate surface area is 91.1 Å². The third kappa shape index (κ3) is 1.86. The Morgan fingerprint density at radius 3 is 3.00 bits per heavy atom.